The molecule has 0 unspecified atom stereocenters. The molecule has 6 nitrogen and oxygen atoms in total. The topological polar surface area (TPSA) is 79.0 Å². The number of aromatic amines is 1. The number of benzene rings is 2. The summed E-state index contributed by atoms with van der Waals surface area (Å²) in [5.74, 6) is 0.440. The number of aromatic nitrogens is 2. The van der Waals surface area contributed by atoms with Gasteiger partial charge in [-0.15, -0.1) is 0 Å². The van der Waals surface area contributed by atoms with Crippen molar-refractivity contribution in [3.05, 3.63) is 52.6 Å². The molecule has 1 aromatic heterocycles. The van der Waals surface area contributed by atoms with E-state index in [9.17, 15) is 4.79 Å². The van der Waals surface area contributed by atoms with Crippen LogP contribution in [-0.2, 0) is 0 Å². The number of amides is 2. The summed E-state index contributed by atoms with van der Waals surface area (Å²) in [5, 5.41) is 13.9. The van der Waals surface area contributed by atoms with Crippen molar-refractivity contribution in [1.82, 2.24) is 15.5 Å². The Balaban J connectivity index is 1.53. The molecular weight excluding hydrogens is 339 g/mol. The number of hydrogen-bond acceptors (Lipinski definition) is 3. The average Bonchev–Trinajstić information content (AvgIpc) is 2.97. The number of fused-ring (bicyclic) bond motifs is 1. The molecule has 0 fully saturated rings. The number of nitrogens with one attached hydrogen (secondary N) is 3. The highest BCUT2D eigenvalue weighted by Gasteiger charge is 2.05. The van der Waals surface area contributed by atoms with E-state index in [4.69, 9.17) is 27.9 Å². The Labute approximate surface area is 141 Å². The minimum atomic E-state index is -0.394. The maximum absolute atomic E-state index is 11.8. The second-order valence-corrected chi connectivity index (χ2v) is 5.51. The summed E-state index contributed by atoms with van der Waals surface area (Å²) in [4.78, 5) is 11.8. The first kappa shape index (κ1) is 15.5. The molecule has 0 spiro atoms. The molecule has 23 heavy (non-hydrogen) atoms. The Morgan fingerprint density at radius 3 is 2.91 bits per heavy atom. The Bertz CT molecular complexity index is 850. The molecule has 0 saturated heterocycles. The number of carbonyl (C=O) groups is 1. The van der Waals surface area contributed by atoms with Gasteiger partial charge in [-0.2, -0.15) is 5.10 Å². The number of anilines is 1. The Kier molecular flexibility index (Phi) is 4.55. The molecule has 3 N–H and O–H groups in total. The van der Waals surface area contributed by atoms with E-state index >= 15 is 0 Å². The summed E-state index contributed by atoms with van der Waals surface area (Å²) in [5.41, 5.74) is 1.48. The molecule has 0 saturated carbocycles. The molecule has 8 heteroatoms. The van der Waals surface area contributed by atoms with Crippen LogP contribution in [0, 0.1) is 0 Å². The summed E-state index contributed by atoms with van der Waals surface area (Å²) in [6.45, 7) is -0.0283. The van der Waals surface area contributed by atoms with E-state index in [1.807, 2.05) is 6.07 Å². The largest absolute Gasteiger partial charge is 0.472 e. The number of hydrogen-bond donors (Lipinski definition) is 3. The van der Waals surface area contributed by atoms with Crippen LogP contribution in [0.2, 0.25) is 10.0 Å². The lowest BCUT2D eigenvalue weighted by atomic mass is 10.2. The predicted molar refractivity (Wildman–Crippen MR) is 90.2 cm³/mol. The standard InChI is InChI=1S/C15H12Cl2N4O2/c16-10-2-4-14(12(17)5-10)23-8-18-15(22)20-11-3-1-9-7-19-21-13(9)6-11/h1-7H,8H2,(H,19,21)(H2,18,20,22). The zero-order valence-electron chi connectivity index (χ0n) is 11.8. The third-order valence-electron chi connectivity index (χ3n) is 3.05. The molecular formula is C15H12Cl2N4O2. The summed E-state index contributed by atoms with van der Waals surface area (Å²) in [6, 6.07) is 9.90. The molecule has 1 heterocycles. The fraction of sp³-hybridized carbons (Fsp3) is 0.0667. The van der Waals surface area contributed by atoms with Crippen LogP contribution < -0.4 is 15.4 Å². The fourth-order valence-corrected chi connectivity index (χ4v) is 2.42. The smallest absolute Gasteiger partial charge is 0.321 e. The zero-order valence-corrected chi connectivity index (χ0v) is 13.3. The van der Waals surface area contributed by atoms with E-state index in [0.717, 1.165) is 10.9 Å². The maximum atomic E-state index is 11.8. The molecule has 0 atom stereocenters. The molecule has 0 bridgehead atoms. The molecule has 0 radical (unpaired) electrons. The van der Waals surface area contributed by atoms with Crippen molar-refractivity contribution in [2.75, 3.05) is 12.0 Å². The predicted octanol–water partition coefficient (Wildman–Crippen LogP) is 4.03. The maximum Gasteiger partial charge on any atom is 0.321 e. The summed E-state index contributed by atoms with van der Waals surface area (Å²) < 4.78 is 5.38. The van der Waals surface area contributed by atoms with E-state index in [2.05, 4.69) is 20.8 Å². The Morgan fingerprint density at radius 1 is 1.22 bits per heavy atom. The van der Waals surface area contributed by atoms with Crippen LogP contribution in [0.3, 0.4) is 0 Å². The van der Waals surface area contributed by atoms with Crippen molar-refractivity contribution >= 4 is 45.8 Å². The van der Waals surface area contributed by atoms with Gasteiger partial charge in [0.2, 0.25) is 0 Å². The van der Waals surface area contributed by atoms with Crippen molar-refractivity contribution < 1.29 is 9.53 Å². The highest BCUT2D eigenvalue weighted by Crippen LogP contribution is 2.27. The van der Waals surface area contributed by atoms with Crippen molar-refractivity contribution in [2.24, 2.45) is 0 Å². The fourth-order valence-electron chi connectivity index (χ4n) is 1.96. The first-order valence-electron chi connectivity index (χ1n) is 6.67. The highest BCUT2D eigenvalue weighted by atomic mass is 35.5. The van der Waals surface area contributed by atoms with Gasteiger partial charge >= 0.3 is 6.03 Å². The summed E-state index contributed by atoms with van der Waals surface area (Å²) in [6.07, 6.45) is 1.71. The Hall–Kier alpha value is -2.44. The van der Waals surface area contributed by atoms with Gasteiger partial charge in [0.1, 0.15) is 5.75 Å². The first-order chi connectivity index (χ1) is 11.1. The lowest BCUT2D eigenvalue weighted by Crippen LogP contribution is -2.32. The SMILES string of the molecule is O=C(NCOc1ccc(Cl)cc1Cl)Nc1ccc2cn[nH]c2c1. The van der Waals surface area contributed by atoms with Crippen molar-refractivity contribution in [1.29, 1.82) is 0 Å². The number of urea groups is 1. The second kappa shape index (κ2) is 6.76. The van der Waals surface area contributed by atoms with Crippen molar-refractivity contribution in [2.45, 2.75) is 0 Å². The quantitative estimate of drug-likeness (QED) is 0.621. The number of rotatable bonds is 4. The van der Waals surface area contributed by atoms with E-state index in [-0.39, 0.29) is 6.73 Å². The minimum Gasteiger partial charge on any atom is -0.472 e. The minimum absolute atomic E-state index is 0.0283. The molecule has 0 aliphatic rings. The van der Waals surface area contributed by atoms with Crippen LogP contribution in [0.5, 0.6) is 5.75 Å². The van der Waals surface area contributed by atoms with Crippen LogP contribution >= 0.6 is 23.2 Å². The molecule has 3 aromatic rings. The number of H-pyrrole nitrogens is 1. The van der Waals surface area contributed by atoms with Gasteiger partial charge in [-0.3, -0.25) is 5.10 Å². The number of carbonyl (C=O) groups excluding carboxylic acids is 1. The first-order valence-corrected chi connectivity index (χ1v) is 7.43. The van der Waals surface area contributed by atoms with E-state index < -0.39 is 6.03 Å². The van der Waals surface area contributed by atoms with Crippen LogP contribution in [-0.4, -0.2) is 23.0 Å². The second-order valence-electron chi connectivity index (χ2n) is 4.67. The molecule has 3 rings (SSSR count). The normalized spacial score (nSPS) is 10.5. The van der Waals surface area contributed by atoms with Crippen LogP contribution in [0.4, 0.5) is 10.5 Å². The van der Waals surface area contributed by atoms with Gasteiger partial charge in [-0.1, -0.05) is 23.2 Å². The van der Waals surface area contributed by atoms with Gasteiger partial charge in [0.25, 0.3) is 0 Å². The highest BCUT2D eigenvalue weighted by molar-refractivity contribution is 6.35. The lowest BCUT2D eigenvalue weighted by Gasteiger charge is -2.10. The van der Waals surface area contributed by atoms with E-state index in [1.54, 1.807) is 36.5 Å². The number of ether oxygens (including phenoxy) is 1. The van der Waals surface area contributed by atoms with Gasteiger partial charge in [-0.25, -0.2) is 4.79 Å². The van der Waals surface area contributed by atoms with Crippen molar-refractivity contribution in [3.63, 3.8) is 0 Å². The van der Waals surface area contributed by atoms with E-state index in [1.165, 1.54) is 0 Å². The monoisotopic (exact) mass is 350 g/mol. The molecule has 0 aliphatic carbocycles. The number of nitrogens with zero attached hydrogens (tertiary/aromatic N) is 1. The summed E-state index contributed by atoms with van der Waals surface area (Å²) >= 11 is 11.8. The third kappa shape index (κ3) is 3.85. The van der Waals surface area contributed by atoms with Crippen LogP contribution in [0.25, 0.3) is 10.9 Å². The third-order valence-corrected chi connectivity index (χ3v) is 3.58. The molecule has 0 aliphatic heterocycles. The average molecular weight is 351 g/mol. The number of halogens is 2. The van der Waals surface area contributed by atoms with Crippen LogP contribution in [0.1, 0.15) is 0 Å². The molecule has 118 valence electrons. The van der Waals surface area contributed by atoms with Gasteiger partial charge in [-0.05, 0) is 36.4 Å². The van der Waals surface area contributed by atoms with Crippen molar-refractivity contribution in [3.8, 4) is 5.75 Å². The van der Waals surface area contributed by atoms with Crippen LogP contribution in [0.15, 0.2) is 42.6 Å². The Morgan fingerprint density at radius 2 is 2.09 bits per heavy atom. The van der Waals surface area contributed by atoms with Gasteiger partial charge in [0.05, 0.1) is 16.7 Å². The summed E-state index contributed by atoms with van der Waals surface area (Å²) in [7, 11) is 0. The molecule has 2 amide bonds. The lowest BCUT2D eigenvalue weighted by molar-refractivity contribution is 0.234. The van der Waals surface area contributed by atoms with Gasteiger partial charge in [0, 0.05) is 16.1 Å². The molecule has 2 aromatic carbocycles. The van der Waals surface area contributed by atoms with Gasteiger partial charge in [0.15, 0.2) is 6.73 Å². The van der Waals surface area contributed by atoms with Gasteiger partial charge < -0.3 is 15.4 Å². The van der Waals surface area contributed by atoms with E-state index in [0.29, 0.717) is 21.5 Å². The zero-order chi connectivity index (χ0) is 16.2.